The highest BCUT2D eigenvalue weighted by Gasteiger charge is 2.14. The van der Waals surface area contributed by atoms with Crippen molar-refractivity contribution in [3.8, 4) is 23.0 Å². The maximum atomic E-state index is 12.7. The molecule has 0 radical (unpaired) electrons. The van der Waals surface area contributed by atoms with E-state index in [1.54, 1.807) is 32.4 Å². The van der Waals surface area contributed by atoms with Crippen LogP contribution >= 0.6 is 15.9 Å². The zero-order valence-electron chi connectivity index (χ0n) is 18.7. The summed E-state index contributed by atoms with van der Waals surface area (Å²) in [6.07, 6.45) is 3.14. The number of rotatable bonds is 6. The van der Waals surface area contributed by atoms with Crippen LogP contribution in [0, 0.1) is 13.8 Å². The second kappa shape index (κ2) is 9.50. The molecule has 0 saturated carbocycles. The van der Waals surface area contributed by atoms with E-state index in [-0.39, 0.29) is 5.91 Å². The Morgan fingerprint density at radius 1 is 1.00 bits per heavy atom. The Labute approximate surface area is 200 Å². The summed E-state index contributed by atoms with van der Waals surface area (Å²) in [5, 5.41) is 2.87. The molecule has 6 nitrogen and oxygen atoms in total. The van der Waals surface area contributed by atoms with Crippen molar-refractivity contribution < 1.29 is 18.7 Å². The van der Waals surface area contributed by atoms with Gasteiger partial charge in [-0.25, -0.2) is 4.98 Å². The number of hydrogen-bond donors (Lipinski definition) is 1. The predicted molar refractivity (Wildman–Crippen MR) is 134 cm³/mol. The van der Waals surface area contributed by atoms with Crippen LogP contribution in [-0.4, -0.2) is 25.1 Å². The van der Waals surface area contributed by atoms with Crippen LogP contribution in [-0.2, 0) is 4.79 Å². The lowest BCUT2D eigenvalue weighted by molar-refractivity contribution is -0.111. The van der Waals surface area contributed by atoms with Gasteiger partial charge in [-0.05, 0) is 79.6 Å². The Bertz CT molecular complexity index is 1340. The maximum Gasteiger partial charge on any atom is 0.248 e. The van der Waals surface area contributed by atoms with Crippen LogP contribution in [0.2, 0.25) is 0 Å². The van der Waals surface area contributed by atoms with Crippen LogP contribution in [0.15, 0.2) is 63.5 Å². The molecule has 0 saturated heterocycles. The van der Waals surface area contributed by atoms with Gasteiger partial charge in [-0.3, -0.25) is 4.79 Å². The first-order chi connectivity index (χ1) is 15.9. The minimum Gasteiger partial charge on any atom is -0.496 e. The van der Waals surface area contributed by atoms with Gasteiger partial charge in [0.1, 0.15) is 17.0 Å². The number of methoxy groups -OCH3 is 2. The Balaban J connectivity index is 1.61. The minimum absolute atomic E-state index is 0.309. The monoisotopic (exact) mass is 506 g/mol. The molecule has 0 unspecified atom stereocenters. The maximum absolute atomic E-state index is 12.7. The second-order valence-electron chi connectivity index (χ2n) is 7.55. The molecule has 0 aliphatic heterocycles. The summed E-state index contributed by atoms with van der Waals surface area (Å²) in [5.74, 6) is 1.37. The number of fused-ring (bicyclic) bond motifs is 1. The normalized spacial score (nSPS) is 11.2. The van der Waals surface area contributed by atoms with Crippen molar-refractivity contribution >= 4 is 44.7 Å². The van der Waals surface area contributed by atoms with Crippen LogP contribution in [0.25, 0.3) is 28.6 Å². The first-order valence-corrected chi connectivity index (χ1v) is 11.1. The molecule has 4 rings (SSSR count). The molecule has 33 heavy (non-hydrogen) atoms. The molecule has 168 valence electrons. The molecular weight excluding hydrogens is 484 g/mol. The molecular formula is C26H23BrN2O4. The molecule has 0 fully saturated rings. The SMILES string of the molecule is COc1ccc(Br)cc1/C=C/C(=O)Nc1cc(-c2nc3cc(C)c(C)cc3o2)ccc1OC. The smallest absolute Gasteiger partial charge is 0.248 e. The van der Waals surface area contributed by atoms with Gasteiger partial charge in [-0.15, -0.1) is 0 Å². The van der Waals surface area contributed by atoms with Gasteiger partial charge in [0.15, 0.2) is 5.58 Å². The average molecular weight is 507 g/mol. The lowest BCUT2D eigenvalue weighted by Crippen LogP contribution is -2.09. The summed E-state index contributed by atoms with van der Waals surface area (Å²) in [4.78, 5) is 17.3. The number of amides is 1. The van der Waals surface area contributed by atoms with E-state index in [0.29, 0.717) is 23.1 Å². The van der Waals surface area contributed by atoms with E-state index in [2.05, 4.69) is 26.2 Å². The number of halogens is 1. The number of nitrogens with zero attached hydrogens (tertiary/aromatic N) is 1. The van der Waals surface area contributed by atoms with Crippen LogP contribution in [0.4, 0.5) is 5.69 Å². The first kappa shape index (κ1) is 22.6. The van der Waals surface area contributed by atoms with E-state index < -0.39 is 0 Å². The van der Waals surface area contributed by atoms with E-state index in [1.807, 2.05) is 50.2 Å². The number of carbonyl (C=O) groups excluding carboxylic acids is 1. The summed E-state index contributed by atoms with van der Waals surface area (Å²) in [7, 11) is 3.14. The Morgan fingerprint density at radius 2 is 1.73 bits per heavy atom. The highest BCUT2D eigenvalue weighted by Crippen LogP contribution is 2.32. The molecule has 0 aliphatic rings. The predicted octanol–water partition coefficient (Wildman–Crippen LogP) is 6.54. The van der Waals surface area contributed by atoms with Crippen LogP contribution in [0.3, 0.4) is 0 Å². The van der Waals surface area contributed by atoms with Gasteiger partial charge in [0, 0.05) is 21.7 Å². The summed E-state index contributed by atoms with van der Waals surface area (Å²) in [6.45, 7) is 4.08. The minimum atomic E-state index is -0.309. The van der Waals surface area contributed by atoms with Crippen molar-refractivity contribution in [3.63, 3.8) is 0 Å². The van der Waals surface area contributed by atoms with Gasteiger partial charge in [0.2, 0.25) is 11.8 Å². The zero-order valence-corrected chi connectivity index (χ0v) is 20.3. The summed E-state index contributed by atoms with van der Waals surface area (Å²) in [6, 6.07) is 15.0. The van der Waals surface area contributed by atoms with Crippen LogP contribution < -0.4 is 14.8 Å². The van der Waals surface area contributed by atoms with Gasteiger partial charge < -0.3 is 19.2 Å². The fourth-order valence-corrected chi connectivity index (χ4v) is 3.80. The van der Waals surface area contributed by atoms with E-state index in [0.717, 1.165) is 37.8 Å². The highest BCUT2D eigenvalue weighted by atomic mass is 79.9. The molecule has 1 amide bonds. The standard InChI is InChI=1S/C26H23BrN2O4/c1-15-11-20-24(12-16(15)2)33-26(29-20)18-5-8-23(32-4)21(14-18)28-25(30)10-6-17-13-19(27)7-9-22(17)31-3/h5-14H,1-4H3,(H,28,30)/b10-6+. The number of aryl methyl sites for hydroxylation is 2. The molecule has 0 spiro atoms. The Morgan fingerprint density at radius 3 is 2.48 bits per heavy atom. The quantitative estimate of drug-likeness (QED) is 0.300. The third kappa shape index (κ3) is 4.93. The van der Waals surface area contributed by atoms with Crippen molar-refractivity contribution in [2.45, 2.75) is 13.8 Å². The second-order valence-corrected chi connectivity index (χ2v) is 8.46. The number of nitrogens with one attached hydrogen (secondary N) is 1. The summed E-state index contributed by atoms with van der Waals surface area (Å²) >= 11 is 3.43. The zero-order chi connectivity index (χ0) is 23.5. The number of hydrogen-bond acceptors (Lipinski definition) is 5. The van der Waals surface area contributed by atoms with Crippen LogP contribution in [0.5, 0.6) is 11.5 Å². The first-order valence-electron chi connectivity index (χ1n) is 10.3. The molecule has 7 heteroatoms. The van der Waals surface area contributed by atoms with E-state index in [4.69, 9.17) is 13.9 Å². The Hall–Kier alpha value is -3.58. The summed E-state index contributed by atoms with van der Waals surface area (Å²) < 4.78 is 17.6. The van der Waals surface area contributed by atoms with Crippen molar-refractivity contribution in [2.75, 3.05) is 19.5 Å². The number of carbonyl (C=O) groups is 1. The van der Waals surface area contributed by atoms with Crippen molar-refractivity contribution in [2.24, 2.45) is 0 Å². The highest BCUT2D eigenvalue weighted by molar-refractivity contribution is 9.10. The van der Waals surface area contributed by atoms with E-state index in [1.165, 1.54) is 6.08 Å². The van der Waals surface area contributed by atoms with Crippen LogP contribution in [0.1, 0.15) is 16.7 Å². The van der Waals surface area contributed by atoms with Gasteiger partial charge >= 0.3 is 0 Å². The van der Waals surface area contributed by atoms with Gasteiger partial charge in [0.05, 0.1) is 19.9 Å². The lowest BCUT2D eigenvalue weighted by atomic mass is 10.1. The molecule has 0 aliphatic carbocycles. The molecule has 1 heterocycles. The number of oxazole rings is 1. The fourth-order valence-electron chi connectivity index (χ4n) is 3.42. The number of anilines is 1. The van der Waals surface area contributed by atoms with Crippen molar-refractivity contribution in [3.05, 3.63) is 75.8 Å². The molecule has 3 aromatic carbocycles. The third-order valence-corrected chi connectivity index (χ3v) is 5.81. The Kier molecular flexibility index (Phi) is 6.51. The third-order valence-electron chi connectivity index (χ3n) is 5.31. The molecule has 1 aromatic heterocycles. The number of aromatic nitrogens is 1. The summed E-state index contributed by atoms with van der Waals surface area (Å²) in [5.41, 5.74) is 5.83. The van der Waals surface area contributed by atoms with E-state index in [9.17, 15) is 4.79 Å². The molecule has 0 atom stereocenters. The molecule has 0 bridgehead atoms. The lowest BCUT2D eigenvalue weighted by Gasteiger charge is -2.10. The molecule has 4 aromatic rings. The van der Waals surface area contributed by atoms with Crippen molar-refractivity contribution in [1.82, 2.24) is 4.98 Å². The number of benzene rings is 3. The van der Waals surface area contributed by atoms with Gasteiger partial charge in [0.25, 0.3) is 0 Å². The fraction of sp³-hybridized carbons (Fsp3) is 0.154. The number of ether oxygens (including phenoxy) is 2. The van der Waals surface area contributed by atoms with Crippen molar-refractivity contribution in [1.29, 1.82) is 0 Å². The van der Waals surface area contributed by atoms with Gasteiger partial charge in [-0.2, -0.15) is 0 Å². The van der Waals surface area contributed by atoms with Gasteiger partial charge in [-0.1, -0.05) is 15.9 Å². The topological polar surface area (TPSA) is 73.6 Å². The largest absolute Gasteiger partial charge is 0.496 e. The molecule has 1 N–H and O–H groups in total. The van der Waals surface area contributed by atoms with E-state index >= 15 is 0 Å². The average Bonchev–Trinajstić information content (AvgIpc) is 3.20.